The van der Waals surface area contributed by atoms with Crippen molar-refractivity contribution in [2.45, 2.75) is 23.6 Å². The van der Waals surface area contributed by atoms with Crippen molar-refractivity contribution in [2.24, 2.45) is 0 Å². The van der Waals surface area contributed by atoms with Gasteiger partial charge in [-0.25, -0.2) is 0 Å². The van der Waals surface area contributed by atoms with Crippen molar-refractivity contribution in [2.75, 3.05) is 14.2 Å². The second-order valence-electron chi connectivity index (χ2n) is 4.82. The molecule has 1 amide bonds. The van der Waals surface area contributed by atoms with E-state index in [9.17, 15) is 4.79 Å². The van der Waals surface area contributed by atoms with Gasteiger partial charge in [0, 0.05) is 11.1 Å². The number of carbonyl (C=O) groups excluding carboxylic acids is 1. The van der Waals surface area contributed by atoms with E-state index in [1.807, 2.05) is 43.3 Å². The van der Waals surface area contributed by atoms with Gasteiger partial charge >= 0.3 is 0 Å². The molecule has 1 atom stereocenters. The molecule has 0 bridgehead atoms. The van der Waals surface area contributed by atoms with E-state index in [1.54, 1.807) is 20.4 Å². The first kappa shape index (κ1) is 17.1. The number of nitrogens with zero attached hydrogens (tertiary/aromatic N) is 1. The number of rotatable bonds is 7. The van der Waals surface area contributed by atoms with Crippen molar-refractivity contribution >= 4 is 17.7 Å². The van der Waals surface area contributed by atoms with Crippen LogP contribution in [-0.4, -0.2) is 30.4 Å². The number of thioether (sulfide) groups is 1. The number of pyridine rings is 1. The molecule has 0 aliphatic carbocycles. The molecule has 1 aromatic heterocycles. The molecule has 0 saturated heterocycles. The Balaban J connectivity index is 1.93. The fourth-order valence-corrected chi connectivity index (χ4v) is 2.89. The van der Waals surface area contributed by atoms with E-state index < -0.39 is 0 Å². The summed E-state index contributed by atoms with van der Waals surface area (Å²) < 4.78 is 10.5. The summed E-state index contributed by atoms with van der Waals surface area (Å²) in [5, 5.41) is 2.67. The first-order valence-corrected chi connectivity index (χ1v) is 8.08. The number of ether oxygens (including phenoxy) is 2. The Bertz CT molecular complexity index is 650. The lowest BCUT2D eigenvalue weighted by Gasteiger charge is -2.13. The molecule has 0 aliphatic heterocycles. The number of nitrogens with one attached hydrogen (secondary N) is 1. The van der Waals surface area contributed by atoms with Crippen LogP contribution >= 0.6 is 11.8 Å². The summed E-state index contributed by atoms with van der Waals surface area (Å²) in [6, 6.07) is 11.2. The second-order valence-corrected chi connectivity index (χ2v) is 6.23. The van der Waals surface area contributed by atoms with Gasteiger partial charge in [-0.3, -0.25) is 9.78 Å². The number of methoxy groups -OCH3 is 2. The van der Waals surface area contributed by atoms with E-state index >= 15 is 0 Å². The van der Waals surface area contributed by atoms with Gasteiger partial charge in [0.05, 0.1) is 31.7 Å². The van der Waals surface area contributed by atoms with E-state index in [1.165, 1.54) is 11.8 Å². The van der Waals surface area contributed by atoms with Crippen LogP contribution in [0.25, 0.3) is 0 Å². The molecule has 6 heteroatoms. The highest BCUT2D eigenvalue weighted by Crippen LogP contribution is 2.33. The van der Waals surface area contributed by atoms with Crippen LogP contribution in [0.15, 0.2) is 47.5 Å². The van der Waals surface area contributed by atoms with E-state index in [4.69, 9.17) is 9.47 Å². The van der Waals surface area contributed by atoms with Gasteiger partial charge in [-0.05, 0) is 37.3 Å². The molecule has 5 nitrogen and oxygen atoms in total. The molecule has 122 valence electrons. The van der Waals surface area contributed by atoms with E-state index in [-0.39, 0.29) is 11.2 Å². The van der Waals surface area contributed by atoms with Gasteiger partial charge < -0.3 is 14.8 Å². The Morgan fingerprint density at radius 1 is 1.22 bits per heavy atom. The first-order chi connectivity index (χ1) is 11.1. The predicted octanol–water partition coefficient (Wildman–Crippen LogP) is 2.90. The summed E-state index contributed by atoms with van der Waals surface area (Å²) in [6.45, 7) is 2.30. The van der Waals surface area contributed by atoms with Crippen LogP contribution in [0.1, 0.15) is 12.6 Å². The summed E-state index contributed by atoms with van der Waals surface area (Å²) >= 11 is 1.47. The zero-order valence-corrected chi connectivity index (χ0v) is 14.2. The number of hydrogen-bond donors (Lipinski definition) is 1. The van der Waals surface area contributed by atoms with Crippen molar-refractivity contribution in [1.82, 2.24) is 10.3 Å². The summed E-state index contributed by atoms with van der Waals surface area (Å²) in [5.74, 6) is 1.29. The quantitative estimate of drug-likeness (QED) is 0.790. The average molecular weight is 332 g/mol. The summed E-state index contributed by atoms with van der Waals surface area (Å²) in [4.78, 5) is 17.3. The molecule has 0 spiro atoms. The van der Waals surface area contributed by atoms with Crippen molar-refractivity contribution in [3.05, 3.63) is 48.3 Å². The van der Waals surface area contributed by atoms with Crippen LogP contribution in [-0.2, 0) is 11.3 Å². The van der Waals surface area contributed by atoms with Crippen LogP contribution in [0.3, 0.4) is 0 Å². The van der Waals surface area contributed by atoms with Gasteiger partial charge in [0.2, 0.25) is 5.91 Å². The highest BCUT2D eigenvalue weighted by molar-refractivity contribution is 8.00. The molecule has 0 saturated carbocycles. The van der Waals surface area contributed by atoms with Crippen LogP contribution in [0, 0.1) is 0 Å². The maximum absolute atomic E-state index is 12.2. The van der Waals surface area contributed by atoms with Gasteiger partial charge in [0.15, 0.2) is 11.5 Å². The van der Waals surface area contributed by atoms with Crippen LogP contribution in [0.2, 0.25) is 0 Å². The third kappa shape index (κ3) is 4.89. The summed E-state index contributed by atoms with van der Waals surface area (Å²) in [5.41, 5.74) is 0.837. The molecule has 0 aliphatic rings. The molecular weight excluding hydrogens is 312 g/mol. The normalized spacial score (nSPS) is 11.6. The van der Waals surface area contributed by atoms with Gasteiger partial charge in [-0.2, -0.15) is 0 Å². The summed E-state index contributed by atoms with van der Waals surface area (Å²) in [6.07, 6.45) is 1.71. The number of carbonyl (C=O) groups is 1. The fraction of sp³-hybridized carbons (Fsp3) is 0.294. The zero-order chi connectivity index (χ0) is 16.7. The third-order valence-corrected chi connectivity index (χ3v) is 4.30. The molecule has 2 rings (SSSR count). The van der Waals surface area contributed by atoms with Crippen molar-refractivity contribution in [3.8, 4) is 11.5 Å². The lowest BCUT2D eigenvalue weighted by molar-refractivity contribution is -0.120. The molecular formula is C17H20N2O3S. The Kier molecular flexibility index (Phi) is 6.29. The molecule has 2 aromatic rings. The Morgan fingerprint density at radius 2 is 2.00 bits per heavy atom. The first-order valence-electron chi connectivity index (χ1n) is 7.20. The van der Waals surface area contributed by atoms with Crippen molar-refractivity contribution in [3.63, 3.8) is 0 Å². The van der Waals surface area contributed by atoms with E-state index in [2.05, 4.69) is 10.3 Å². The van der Waals surface area contributed by atoms with Crippen LogP contribution < -0.4 is 14.8 Å². The maximum Gasteiger partial charge on any atom is 0.233 e. The van der Waals surface area contributed by atoms with E-state index in [0.29, 0.717) is 18.0 Å². The van der Waals surface area contributed by atoms with Gasteiger partial charge in [-0.1, -0.05) is 6.07 Å². The molecule has 0 fully saturated rings. The standard InChI is InChI=1S/C17H20N2O3S/c1-12(17(20)19-11-13-6-4-5-9-18-13)23-14-7-8-15(21-2)16(10-14)22-3/h4-10,12H,11H2,1-3H3,(H,19,20)/t12-/m1/s1. The van der Waals surface area contributed by atoms with Gasteiger partial charge in [-0.15, -0.1) is 11.8 Å². The maximum atomic E-state index is 12.2. The minimum absolute atomic E-state index is 0.0320. The largest absolute Gasteiger partial charge is 0.493 e. The molecule has 1 aromatic carbocycles. The second kappa shape index (κ2) is 8.43. The minimum Gasteiger partial charge on any atom is -0.493 e. The fourth-order valence-electron chi connectivity index (χ4n) is 1.97. The summed E-state index contributed by atoms with van der Waals surface area (Å²) in [7, 11) is 3.19. The lowest BCUT2D eigenvalue weighted by atomic mass is 10.3. The Labute approximate surface area is 140 Å². The van der Waals surface area contributed by atoms with E-state index in [0.717, 1.165) is 10.6 Å². The average Bonchev–Trinajstić information content (AvgIpc) is 2.60. The number of aromatic nitrogens is 1. The van der Waals surface area contributed by atoms with Crippen LogP contribution in [0.4, 0.5) is 0 Å². The number of amides is 1. The SMILES string of the molecule is COc1ccc(S[C@H](C)C(=O)NCc2ccccn2)cc1OC. The Morgan fingerprint density at radius 3 is 2.65 bits per heavy atom. The molecule has 0 radical (unpaired) electrons. The highest BCUT2D eigenvalue weighted by atomic mass is 32.2. The van der Waals surface area contributed by atoms with Crippen molar-refractivity contribution < 1.29 is 14.3 Å². The number of benzene rings is 1. The minimum atomic E-state index is -0.225. The highest BCUT2D eigenvalue weighted by Gasteiger charge is 2.15. The topological polar surface area (TPSA) is 60.5 Å². The predicted molar refractivity (Wildman–Crippen MR) is 90.9 cm³/mol. The zero-order valence-electron chi connectivity index (χ0n) is 13.4. The molecule has 1 N–H and O–H groups in total. The Hall–Kier alpha value is -2.21. The van der Waals surface area contributed by atoms with Gasteiger partial charge in [0.1, 0.15) is 0 Å². The third-order valence-electron chi connectivity index (χ3n) is 3.21. The van der Waals surface area contributed by atoms with Gasteiger partial charge in [0.25, 0.3) is 0 Å². The smallest absolute Gasteiger partial charge is 0.233 e. The monoisotopic (exact) mass is 332 g/mol. The molecule has 0 unspecified atom stereocenters. The van der Waals surface area contributed by atoms with Crippen LogP contribution in [0.5, 0.6) is 11.5 Å². The van der Waals surface area contributed by atoms with Crippen molar-refractivity contribution in [1.29, 1.82) is 0 Å². The lowest BCUT2D eigenvalue weighted by Crippen LogP contribution is -2.30. The number of hydrogen-bond acceptors (Lipinski definition) is 5. The molecule has 1 heterocycles. The molecule has 23 heavy (non-hydrogen) atoms.